The number of carboxylic acids is 1. The predicted molar refractivity (Wildman–Crippen MR) is 100 cm³/mol. The predicted octanol–water partition coefficient (Wildman–Crippen LogP) is 3.06. The smallest absolute Gasteiger partial charge is 0.335 e. The number of hydrogen-bond donors (Lipinski definition) is 3. The second-order valence-electron chi connectivity index (χ2n) is 6.36. The highest BCUT2D eigenvalue weighted by molar-refractivity contribution is 6.05. The first-order valence-corrected chi connectivity index (χ1v) is 8.62. The molecule has 3 rings (SSSR count). The largest absolute Gasteiger partial charge is 0.478 e. The third kappa shape index (κ3) is 4.51. The quantitative estimate of drug-likeness (QED) is 0.752. The zero-order valence-electron chi connectivity index (χ0n) is 14.8. The van der Waals surface area contributed by atoms with Crippen molar-refractivity contribution in [2.24, 2.45) is 0 Å². The minimum atomic E-state index is -1.01. The molecule has 0 saturated carbocycles. The Bertz CT molecular complexity index is 888. The minimum absolute atomic E-state index is 0.187. The Labute approximate surface area is 156 Å². The van der Waals surface area contributed by atoms with Crippen LogP contribution < -0.4 is 10.6 Å². The molecule has 3 N–H and O–H groups in total. The van der Waals surface area contributed by atoms with Crippen LogP contribution in [-0.2, 0) is 9.53 Å². The Hall–Kier alpha value is -3.19. The van der Waals surface area contributed by atoms with Gasteiger partial charge in [-0.15, -0.1) is 0 Å². The molecule has 1 heterocycles. The second-order valence-corrected chi connectivity index (χ2v) is 6.36. The molecule has 2 aromatic carbocycles. The van der Waals surface area contributed by atoms with Gasteiger partial charge in [-0.05, 0) is 61.7 Å². The number of aromatic carboxylic acids is 1. The molecule has 0 aromatic heterocycles. The molecule has 1 atom stereocenters. The van der Waals surface area contributed by atoms with Gasteiger partial charge in [-0.1, -0.05) is 6.07 Å². The van der Waals surface area contributed by atoms with Gasteiger partial charge in [-0.25, -0.2) is 4.79 Å². The van der Waals surface area contributed by atoms with Gasteiger partial charge in [0, 0.05) is 23.5 Å². The fourth-order valence-electron chi connectivity index (χ4n) is 2.93. The van der Waals surface area contributed by atoms with Crippen molar-refractivity contribution in [1.29, 1.82) is 0 Å². The fraction of sp³-hybridized carbons (Fsp3) is 0.250. The second kappa shape index (κ2) is 8.01. The van der Waals surface area contributed by atoms with E-state index in [0.29, 0.717) is 35.5 Å². The summed E-state index contributed by atoms with van der Waals surface area (Å²) in [6, 6.07) is 11.2. The van der Waals surface area contributed by atoms with Gasteiger partial charge < -0.3 is 20.5 Å². The summed E-state index contributed by atoms with van der Waals surface area (Å²) in [4.78, 5) is 35.7. The number of aryl methyl sites for hydroxylation is 1. The lowest BCUT2D eigenvalue weighted by Crippen LogP contribution is -2.27. The summed E-state index contributed by atoms with van der Waals surface area (Å²) in [7, 11) is 0. The van der Waals surface area contributed by atoms with Gasteiger partial charge in [0.15, 0.2) is 0 Å². The number of carbonyl (C=O) groups is 3. The monoisotopic (exact) mass is 368 g/mol. The van der Waals surface area contributed by atoms with Crippen LogP contribution in [0.1, 0.15) is 39.1 Å². The van der Waals surface area contributed by atoms with Crippen LogP contribution in [0, 0.1) is 6.92 Å². The zero-order valence-corrected chi connectivity index (χ0v) is 14.8. The van der Waals surface area contributed by atoms with Crippen molar-refractivity contribution in [3.63, 3.8) is 0 Å². The first kappa shape index (κ1) is 18.6. The molecule has 1 aliphatic heterocycles. The van der Waals surface area contributed by atoms with Gasteiger partial charge in [0.2, 0.25) is 0 Å². The fourth-order valence-corrected chi connectivity index (χ4v) is 2.93. The van der Waals surface area contributed by atoms with Crippen LogP contribution in [0.25, 0.3) is 0 Å². The highest BCUT2D eigenvalue weighted by Crippen LogP contribution is 2.19. The van der Waals surface area contributed by atoms with Gasteiger partial charge in [0.05, 0.1) is 5.56 Å². The summed E-state index contributed by atoms with van der Waals surface area (Å²) in [5.74, 6) is -1.59. The molecule has 1 aliphatic rings. The van der Waals surface area contributed by atoms with E-state index in [9.17, 15) is 14.4 Å². The summed E-state index contributed by atoms with van der Waals surface area (Å²) in [6.45, 7) is 2.25. The third-order valence-electron chi connectivity index (χ3n) is 4.33. The maximum Gasteiger partial charge on any atom is 0.335 e. The maximum atomic E-state index is 12.5. The first-order chi connectivity index (χ1) is 12.9. The first-order valence-electron chi connectivity index (χ1n) is 8.62. The highest BCUT2D eigenvalue weighted by Gasteiger charge is 2.23. The van der Waals surface area contributed by atoms with Crippen molar-refractivity contribution in [2.75, 3.05) is 17.2 Å². The van der Waals surface area contributed by atoms with Gasteiger partial charge in [0.1, 0.15) is 6.10 Å². The Morgan fingerprint density at radius 2 is 1.85 bits per heavy atom. The third-order valence-corrected chi connectivity index (χ3v) is 4.33. The molecule has 0 bridgehead atoms. The van der Waals surface area contributed by atoms with E-state index in [2.05, 4.69) is 10.6 Å². The van der Waals surface area contributed by atoms with Gasteiger partial charge in [-0.2, -0.15) is 0 Å². The number of nitrogens with one attached hydrogen (secondary N) is 2. The van der Waals surface area contributed by atoms with E-state index in [1.165, 1.54) is 12.1 Å². The lowest BCUT2D eigenvalue weighted by Gasteiger charge is -2.12. The number of amides is 2. The number of anilines is 2. The van der Waals surface area contributed by atoms with Crippen LogP contribution in [0.5, 0.6) is 0 Å². The number of carbonyl (C=O) groups excluding carboxylic acids is 2. The number of ether oxygens (including phenoxy) is 1. The summed E-state index contributed by atoms with van der Waals surface area (Å²) < 4.78 is 5.35. The summed E-state index contributed by atoms with van der Waals surface area (Å²) in [6.07, 6.45) is 1.11. The molecule has 140 valence electrons. The van der Waals surface area contributed by atoms with Crippen LogP contribution in [0.15, 0.2) is 42.5 Å². The van der Waals surface area contributed by atoms with Crippen molar-refractivity contribution in [3.8, 4) is 0 Å². The number of carboxylic acid groups (broad SMARTS) is 1. The Morgan fingerprint density at radius 3 is 2.52 bits per heavy atom. The van der Waals surface area contributed by atoms with Crippen LogP contribution in [-0.4, -0.2) is 35.6 Å². The Morgan fingerprint density at radius 1 is 1.07 bits per heavy atom. The average Bonchev–Trinajstić information content (AvgIpc) is 3.16. The molecule has 2 amide bonds. The zero-order chi connectivity index (χ0) is 19.4. The molecular weight excluding hydrogens is 348 g/mol. The number of hydrogen-bond acceptors (Lipinski definition) is 4. The number of rotatable bonds is 5. The Balaban J connectivity index is 1.69. The van der Waals surface area contributed by atoms with E-state index in [4.69, 9.17) is 9.84 Å². The minimum Gasteiger partial charge on any atom is -0.478 e. The van der Waals surface area contributed by atoms with E-state index in [1.807, 2.05) is 0 Å². The maximum absolute atomic E-state index is 12.5. The molecule has 27 heavy (non-hydrogen) atoms. The number of benzene rings is 2. The van der Waals surface area contributed by atoms with Gasteiger partial charge >= 0.3 is 5.97 Å². The van der Waals surface area contributed by atoms with Gasteiger partial charge in [-0.3, -0.25) is 9.59 Å². The van der Waals surface area contributed by atoms with Crippen molar-refractivity contribution in [1.82, 2.24) is 0 Å². The SMILES string of the molecule is Cc1cc(NC(=O)c2cccc(NC(=O)C3CCCO3)c2)ccc1C(=O)O. The molecule has 7 heteroatoms. The normalized spacial score (nSPS) is 16.0. The van der Waals surface area contributed by atoms with E-state index in [0.717, 1.165) is 6.42 Å². The molecular formula is C20H20N2O5. The summed E-state index contributed by atoms with van der Waals surface area (Å²) in [5, 5.41) is 14.6. The topological polar surface area (TPSA) is 105 Å². The van der Waals surface area contributed by atoms with Crippen LogP contribution in [0.2, 0.25) is 0 Å². The summed E-state index contributed by atoms with van der Waals surface area (Å²) in [5.41, 5.74) is 2.13. The molecule has 0 aliphatic carbocycles. The molecule has 0 radical (unpaired) electrons. The Kier molecular flexibility index (Phi) is 5.52. The molecule has 2 aromatic rings. The van der Waals surface area contributed by atoms with E-state index < -0.39 is 12.1 Å². The van der Waals surface area contributed by atoms with Crippen LogP contribution >= 0.6 is 0 Å². The van der Waals surface area contributed by atoms with Crippen molar-refractivity contribution in [3.05, 3.63) is 59.2 Å². The van der Waals surface area contributed by atoms with Crippen LogP contribution in [0.3, 0.4) is 0 Å². The standard InChI is InChI=1S/C20H20N2O5/c1-12-10-15(7-8-16(12)20(25)26)21-18(23)13-4-2-5-14(11-13)22-19(24)17-6-3-9-27-17/h2,4-5,7-8,10-11,17H,3,6,9H2,1H3,(H,21,23)(H,22,24)(H,25,26). The van der Waals surface area contributed by atoms with Gasteiger partial charge in [0.25, 0.3) is 11.8 Å². The van der Waals surface area contributed by atoms with E-state index in [1.54, 1.807) is 37.3 Å². The molecule has 1 saturated heterocycles. The van der Waals surface area contributed by atoms with Crippen molar-refractivity contribution >= 4 is 29.2 Å². The lowest BCUT2D eigenvalue weighted by atomic mass is 10.1. The van der Waals surface area contributed by atoms with Crippen LogP contribution in [0.4, 0.5) is 11.4 Å². The summed E-state index contributed by atoms with van der Waals surface area (Å²) >= 11 is 0. The molecule has 0 spiro atoms. The van der Waals surface area contributed by atoms with Crippen molar-refractivity contribution in [2.45, 2.75) is 25.9 Å². The van der Waals surface area contributed by atoms with E-state index >= 15 is 0 Å². The lowest BCUT2D eigenvalue weighted by molar-refractivity contribution is -0.124. The molecule has 1 unspecified atom stereocenters. The van der Waals surface area contributed by atoms with E-state index in [-0.39, 0.29) is 17.4 Å². The van der Waals surface area contributed by atoms with Crippen molar-refractivity contribution < 1.29 is 24.2 Å². The average molecular weight is 368 g/mol. The molecule has 7 nitrogen and oxygen atoms in total. The highest BCUT2D eigenvalue weighted by atomic mass is 16.5. The molecule has 1 fully saturated rings.